The number of oxazole rings is 1. The molecule has 0 N–H and O–H groups in total. The van der Waals surface area contributed by atoms with Gasteiger partial charge in [-0.2, -0.15) is 0 Å². The number of furan rings is 1. The van der Waals surface area contributed by atoms with E-state index in [0.717, 1.165) is 55.7 Å². The first kappa shape index (κ1) is 25.9. The molecule has 0 saturated carbocycles. The first-order chi connectivity index (χ1) is 23.3. The summed E-state index contributed by atoms with van der Waals surface area (Å²) in [6.07, 6.45) is 0. The Hall–Kier alpha value is -6.39. The lowest BCUT2D eigenvalue weighted by molar-refractivity contribution is 0.620. The smallest absolute Gasteiger partial charge is 0.228 e. The van der Waals surface area contributed by atoms with E-state index in [1.165, 1.54) is 32.3 Å². The third-order valence-corrected chi connectivity index (χ3v) is 9.26. The van der Waals surface area contributed by atoms with Crippen LogP contribution in [-0.4, -0.2) is 4.98 Å². The average molecular weight is 603 g/mol. The van der Waals surface area contributed by atoms with Crippen LogP contribution in [0.1, 0.15) is 0 Å². The number of fused-ring (bicyclic) bond motifs is 9. The van der Waals surface area contributed by atoms with E-state index in [9.17, 15) is 0 Å². The van der Waals surface area contributed by atoms with Crippen LogP contribution in [0.4, 0.5) is 17.1 Å². The summed E-state index contributed by atoms with van der Waals surface area (Å²) in [5, 5.41) is 9.48. The van der Waals surface area contributed by atoms with Crippen molar-refractivity contribution >= 4 is 82.4 Å². The molecule has 2 heterocycles. The Kier molecular flexibility index (Phi) is 5.54. The minimum atomic E-state index is 0.589. The zero-order valence-electron chi connectivity index (χ0n) is 25.2. The molecule has 0 aliphatic heterocycles. The van der Waals surface area contributed by atoms with Crippen molar-refractivity contribution in [2.45, 2.75) is 0 Å². The molecular formula is C43H26N2O2. The van der Waals surface area contributed by atoms with E-state index < -0.39 is 0 Å². The Labute approximate surface area is 269 Å². The zero-order chi connectivity index (χ0) is 30.9. The highest BCUT2D eigenvalue weighted by Gasteiger charge is 2.20. The minimum Gasteiger partial charge on any atom is -0.456 e. The van der Waals surface area contributed by atoms with E-state index in [0.29, 0.717) is 5.89 Å². The highest BCUT2D eigenvalue weighted by atomic mass is 16.3. The summed E-state index contributed by atoms with van der Waals surface area (Å²) >= 11 is 0. The van der Waals surface area contributed by atoms with Gasteiger partial charge in [0.15, 0.2) is 5.58 Å². The molecule has 10 aromatic rings. The number of hydrogen-bond donors (Lipinski definition) is 0. The van der Waals surface area contributed by atoms with Crippen molar-refractivity contribution in [2.75, 3.05) is 4.90 Å². The van der Waals surface area contributed by atoms with Gasteiger partial charge in [-0.05, 0) is 93.0 Å². The summed E-state index contributed by atoms with van der Waals surface area (Å²) in [6.45, 7) is 0. The second-order valence-electron chi connectivity index (χ2n) is 12.0. The van der Waals surface area contributed by atoms with E-state index in [1.807, 2.05) is 36.4 Å². The van der Waals surface area contributed by atoms with Gasteiger partial charge in [0.1, 0.15) is 16.7 Å². The summed E-state index contributed by atoms with van der Waals surface area (Å²) in [5.74, 6) is 0.589. The standard InChI is InChI=1S/C43H26N2O2/c1-2-10-29(11-3-1)45(30-20-17-28-19-22-33-32-12-5-4-9-27(32)18-23-34(33)37(28)25-30)31-21-24-35-41(26-31)46-40-16-8-13-36(42(35)40)43-44-38-14-6-7-15-39(38)47-43/h1-26H. The molecule has 0 aliphatic carbocycles. The molecule has 10 rings (SSSR count). The summed E-state index contributed by atoms with van der Waals surface area (Å²) in [5.41, 5.74) is 7.28. The summed E-state index contributed by atoms with van der Waals surface area (Å²) in [6, 6.07) is 55.2. The SMILES string of the molecule is c1ccc(N(c2ccc3c(c2)oc2cccc(-c4nc5ccccc5o4)c23)c2ccc3ccc4c5ccccc5ccc4c3c2)cc1. The summed E-state index contributed by atoms with van der Waals surface area (Å²) in [7, 11) is 0. The van der Waals surface area contributed by atoms with Gasteiger partial charge in [0.25, 0.3) is 0 Å². The van der Waals surface area contributed by atoms with Crippen molar-refractivity contribution in [3.05, 3.63) is 158 Å². The first-order valence-corrected chi connectivity index (χ1v) is 15.8. The summed E-state index contributed by atoms with van der Waals surface area (Å²) < 4.78 is 12.7. The number of hydrogen-bond acceptors (Lipinski definition) is 4. The lowest BCUT2D eigenvalue weighted by atomic mass is 9.96. The highest BCUT2D eigenvalue weighted by Crippen LogP contribution is 2.42. The van der Waals surface area contributed by atoms with E-state index in [-0.39, 0.29) is 0 Å². The van der Waals surface area contributed by atoms with Crippen molar-refractivity contribution in [2.24, 2.45) is 0 Å². The van der Waals surface area contributed by atoms with Crippen LogP contribution in [0.2, 0.25) is 0 Å². The number of benzene rings is 8. The molecule has 0 bridgehead atoms. The third kappa shape index (κ3) is 4.05. The molecule has 0 unspecified atom stereocenters. The predicted molar refractivity (Wildman–Crippen MR) is 194 cm³/mol. The lowest BCUT2D eigenvalue weighted by Crippen LogP contribution is -2.09. The number of anilines is 3. The topological polar surface area (TPSA) is 42.4 Å². The zero-order valence-corrected chi connectivity index (χ0v) is 25.2. The number of nitrogens with zero attached hydrogens (tertiary/aromatic N) is 2. The van der Waals surface area contributed by atoms with Crippen molar-refractivity contribution in [1.29, 1.82) is 0 Å². The first-order valence-electron chi connectivity index (χ1n) is 15.8. The van der Waals surface area contributed by atoms with E-state index >= 15 is 0 Å². The Morgan fingerprint density at radius 2 is 1.09 bits per heavy atom. The van der Waals surface area contributed by atoms with Crippen molar-refractivity contribution in [3.8, 4) is 11.5 Å². The van der Waals surface area contributed by atoms with Gasteiger partial charge in [-0.25, -0.2) is 4.98 Å². The molecule has 0 atom stereocenters. The van der Waals surface area contributed by atoms with Crippen LogP contribution < -0.4 is 4.90 Å². The molecule has 8 aromatic carbocycles. The Bertz CT molecular complexity index is 2780. The van der Waals surface area contributed by atoms with Gasteiger partial charge in [-0.15, -0.1) is 0 Å². The molecular weight excluding hydrogens is 576 g/mol. The van der Waals surface area contributed by atoms with Crippen LogP contribution >= 0.6 is 0 Å². The van der Waals surface area contributed by atoms with Gasteiger partial charge in [0, 0.05) is 39.5 Å². The fourth-order valence-corrected chi connectivity index (χ4v) is 7.09. The maximum Gasteiger partial charge on any atom is 0.228 e. The van der Waals surface area contributed by atoms with Gasteiger partial charge in [-0.1, -0.05) is 91.0 Å². The minimum absolute atomic E-state index is 0.589. The van der Waals surface area contributed by atoms with Crippen LogP contribution in [-0.2, 0) is 0 Å². The Balaban J connectivity index is 1.16. The number of rotatable bonds is 4. The van der Waals surface area contributed by atoms with Crippen molar-refractivity contribution in [1.82, 2.24) is 4.98 Å². The molecule has 0 saturated heterocycles. The maximum atomic E-state index is 6.52. The number of para-hydroxylation sites is 3. The third-order valence-electron chi connectivity index (χ3n) is 9.26. The second-order valence-corrected chi connectivity index (χ2v) is 12.0. The van der Waals surface area contributed by atoms with Crippen LogP contribution in [0.5, 0.6) is 0 Å². The molecule has 0 spiro atoms. The second kappa shape index (κ2) is 10.1. The van der Waals surface area contributed by atoms with Gasteiger partial charge in [0.05, 0.1) is 0 Å². The Morgan fingerprint density at radius 1 is 0.404 bits per heavy atom. The lowest BCUT2D eigenvalue weighted by Gasteiger charge is -2.26. The quantitative estimate of drug-likeness (QED) is 0.188. The number of aromatic nitrogens is 1. The van der Waals surface area contributed by atoms with Gasteiger partial charge >= 0.3 is 0 Å². The van der Waals surface area contributed by atoms with Crippen LogP contribution in [0.25, 0.3) is 76.8 Å². The predicted octanol–water partition coefficient (Wildman–Crippen LogP) is 12.3. The largest absolute Gasteiger partial charge is 0.456 e. The summed E-state index contributed by atoms with van der Waals surface area (Å²) in [4.78, 5) is 7.09. The van der Waals surface area contributed by atoms with E-state index in [4.69, 9.17) is 13.8 Å². The van der Waals surface area contributed by atoms with Gasteiger partial charge in [-0.3, -0.25) is 0 Å². The van der Waals surface area contributed by atoms with Gasteiger partial charge in [0.2, 0.25) is 5.89 Å². The molecule has 4 heteroatoms. The van der Waals surface area contributed by atoms with Crippen molar-refractivity contribution in [3.63, 3.8) is 0 Å². The molecule has 220 valence electrons. The normalized spacial score (nSPS) is 11.8. The fraction of sp³-hybridized carbons (Fsp3) is 0. The van der Waals surface area contributed by atoms with Crippen LogP contribution in [0, 0.1) is 0 Å². The Morgan fingerprint density at radius 3 is 1.98 bits per heavy atom. The molecule has 0 fully saturated rings. The van der Waals surface area contributed by atoms with E-state index in [2.05, 4.69) is 126 Å². The monoisotopic (exact) mass is 602 g/mol. The van der Waals surface area contributed by atoms with Crippen LogP contribution in [0.3, 0.4) is 0 Å². The van der Waals surface area contributed by atoms with Crippen LogP contribution in [0.15, 0.2) is 167 Å². The molecule has 47 heavy (non-hydrogen) atoms. The molecule has 4 nitrogen and oxygen atoms in total. The van der Waals surface area contributed by atoms with Crippen molar-refractivity contribution < 1.29 is 8.83 Å². The maximum absolute atomic E-state index is 6.52. The molecule has 2 aromatic heterocycles. The average Bonchev–Trinajstić information content (AvgIpc) is 3.73. The molecule has 0 aliphatic rings. The van der Waals surface area contributed by atoms with E-state index in [1.54, 1.807) is 0 Å². The fourth-order valence-electron chi connectivity index (χ4n) is 7.09. The highest BCUT2D eigenvalue weighted by molar-refractivity contribution is 6.18. The van der Waals surface area contributed by atoms with Gasteiger partial charge < -0.3 is 13.7 Å². The molecule has 0 radical (unpaired) electrons. The molecule has 0 amide bonds.